The average molecular weight is 214 g/mol. The molecule has 3 rings (SSSR count). The number of benzene rings is 1. The van der Waals surface area contributed by atoms with Crippen molar-refractivity contribution < 1.29 is 4.42 Å². The summed E-state index contributed by atoms with van der Waals surface area (Å²) >= 11 is 0. The highest BCUT2D eigenvalue weighted by molar-refractivity contribution is 5.42. The summed E-state index contributed by atoms with van der Waals surface area (Å²) in [6, 6.07) is 10.6. The van der Waals surface area contributed by atoms with Crippen molar-refractivity contribution in [3.8, 4) is 0 Å². The Hall–Kier alpha value is -1.58. The third-order valence-corrected chi connectivity index (χ3v) is 3.38. The van der Waals surface area contributed by atoms with Gasteiger partial charge in [-0.2, -0.15) is 0 Å². The van der Waals surface area contributed by atoms with Crippen LogP contribution in [-0.2, 0) is 6.42 Å². The second kappa shape index (κ2) is 3.77. The largest absolute Gasteiger partial charge is 0.472 e. The highest BCUT2D eigenvalue weighted by Gasteiger charge is 2.33. The van der Waals surface area contributed by atoms with Crippen molar-refractivity contribution in [3.05, 3.63) is 59.5 Å². The van der Waals surface area contributed by atoms with Crippen LogP contribution in [0.2, 0.25) is 0 Å². The number of hydrogen-bond donors (Lipinski definition) is 2. The molecule has 2 aromatic rings. The number of rotatable bonds is 3. The summed E-state index contributed by atoms with van der Waals surface area (Å²) in [4.78, 5) is 0. The molecule has 3 N–H and O–H groups in total. The Bertz CT molecular complexity index is 478. The van der Waals surface area contributed by atoms with Crippen molar-refractivity contribution in [3.63, 3.8) is 0 Å². The van der Waals surface area contributed by atoms with Gasteiger partial charge in [-0.3, -0.25) is 11.3 Å². The van der Waals surface area contributed by atoms with Crippen LogP contribution in [0.1, 0.15) is 28.7 Å². The Morgan fingerprint density at radius 3 is 2.88 bits per heavy atom. The van der Waals surface area contributed by atoms with Gasteiger partial charge in [0.25, 0.3) is 0 Å². The first-order valence-electron chi connectivity index (χ1n) is 5.46. The Morgan fingerprint density at radius 2 is 2.19 bits per heavy atom. The molecule has 0 bridgehead atoms. The standard InChI is InChI=1S/C13H14N2O/c14-15-13(10-5-6-16-8-10)12-7-9-3-1-2-4-11(9)12/h1-6,8,12-13,15H,7,14H2. The van der Waals surface area contributed by atoms with Gasteiger partial charge in [0, 0.05) is 11.5 Å². The summed E-state index contributed by atoms with van der Waals surface area (Å²) < 4.78 is 5.11. The number of fused-ring (bicyclic) bond motifs is 1. The Balaban J connectivity index is 1.90. The molecule has 2 unspecified atom stereocenters. The van der Waals surface area contributed by atoms with Crippen molar-refractivity contribution in [1.29, 1.82) is 0 Å². The van der Waals surface area contributed by atoms with Gasteiger partial charge in [0.2, 0.25) is 0 Å². The molecule has 0 aliphatic heterocycles. The topological polar surface area (TPSA) is 51.2 Å². The first-order chi connectivity index (χ1) is 7.90. The van der Waals surface area contributed by atoms with Crippen molar-refractivity contribution in [2.45, 2.75) is 18.4 Å². The molecule has 1 aliphatic rings. The summed E-state index contributed by atoms with van der Waals surface area (Å²) in [5, 5.41) is 0. The Labute approximate surface area is 94.2 Å². The molecule has 0 saturated carbocycles. The van der Waals surface area contributed by atoms with Gasteiger partial charge in [-0.1, -0.05) is 24.3 Å². The molecule has 1 aromatic heterocycles. The first kappa shape index (κ1) is 9.63. The van der Waals surface area contributed by atoms with Crippen LogP contribution < -0.4 is 11.3 Å². The highest BCUT2D eigenvalue weighted by Crippen LogP contribution is 2.43. The Morgan fingerprint density at radius 1 is 1.31 bits per heavy atom. The lowest BCUT2D eigenvalue weighted by Gasteiger charge is -2.35. The molecular formula is C13H14N2O. The minimum Gasteiger partial charge on any atom is -0.472 e. The highest BCUT2D eigenvalue weighted by atomic mass is 16.3. The minimum atomic E-state index is 0.147. The van der Waals surface area contributed by atoms with E-state index in [4.69, 9.17) is 10.3 Å². The molecule has 16 heavy (non-hydrogen) atoms. The number of hydrogen-bond acceptors (Lipinski definition) is 3. The zero-order valence-corrected chi connectivity index (χ0v) is 8.89. The molecule has 0 amide bonds. The van der Waals surface area contributed by atoms with E-state index in [1.807, 2.05) is 6.07 Å². The van der Waals surface area contributed by atoms with E-state index in [0.29, 0.717) is 5.92 Å². The fourth-order valence-electron chi connectivity index (χ4n) is 2.49. The lowest BCUT2D eigenvalue weighted by molar-refractivity contribution is 0.415. The number of nitrogens with one attached hydrogen (secondary N) is 1. The van der Waals surface area contributed by atoms with E-state index in [0.717, 1.165) is 12.0 Å². The molecule has 82 valence electrons. The lowest BCUT2D eigenvalue weighted by atomic mass is 9.72. The van der Waals surface area contributed by atoms with E-state index in [1.54, 1.807) is 12.5 Å². The van der Waals surface area contributed by atoms with E-state index < -0.39 is 0 Å². The van der Waals surface area contributed by atoms with Crippen molar-refractivity contribution in [1.82, 2.24) is 5.43 Å². The van der Waals surface area contributed by atoms with E-state index in [2.05, 4.69) is 29.7 Å². The molecule has 3 heteroatoms. The van der Waals surface area contributed by atoms with Crippen LogP contribution >= 0.6 is 0 Å². The van der Waals surface area contributed by atoms with Crippen molar-refractivity contribution >= 4 is 0 Å². The summed E-state index contributed by atoms with van der Waals surface area (Å²) in [6.07, 6.45) is 4.52. The molecule has 0 saturated heterocycles. The summed E-state index contributed by atoms with van der Waals surface area (Å²) in [7, 11) is 0. The molecule has 1 heterocycles. The quantitative estimate of drug-likeness (QED) is 0.608. The van der Waals surface area contributed by atoms with Crippen molar-refractivity contribution in [2.24, 2.45) is 5.84 Å². The predicted octanol–water partition coefficient (Wildman–Crippen LogP) is 2.12. The molecule has 2 atom stereocenters. The maximum Gasteiger partial charge on any atom is 0.0951 e. The molecule has 1 aromatic carbocycles. The van der Waals surface area contributed by atoms with Gasteiger partial charge in [0.15, 0.2) is 0 Å². The zero-order valence-electron chi connectivity index (χ0n) is 8.89. The van der Waals surface area contributed by atoms with E-state index in [-0.39, 0.29) is 6.04 Å². The predicted molar refractivity (Wildman–Crippen MR) is 61.7 cm³/mol. The fourth-order valence-corrected chi connectivity index (χ4v) is 2.49. The monoisotopic (exact) mass is 214 g/mol. The molecular weight excluding hydrogens is 200 g/mol. The third-order valence-electron chi connectivity index (χ3n) is 3.38. The van der Waals surface area contributed by atoms with Gasteiger partial charge < -0.3 is 4.42 Å². The average Bonchev–Trinajstić information content (AvgIpc) is 2.79. The number of nitrogens with two attached hydrogens (primary N) is 1. The maximum atomic E-state index is 5.64. The van der Waals surface area contributed by atoms with Crippen LogP contribution in [0.15, 0.2) is 47.3 Å². The van der Waals surface area contributed by atoms with Crippen LogP contribution in [0.5, 0.6) is 0 Å². The summed E-state index contributed by atoms with van der Waals surface area (Å²) in [5.41, 5.74) is 6.82. The van der Waals surface area contributed by atoms with Gasteiger partial charge in [0.05, 0.1) is 18.6 Å². The normalized spacial score (nSPS) is 19.9. The van der Waals surface area contributed by atoms with Gasteiger partial charge in [-0.25, -0.2) is 0 Å². The van der Waals surface area contributed by atoms with E-state index in [1.165, 1.54) is 11.1 Å². The third kappa shape index (κ3) is 1.37. The van der Waals surface area contributed by atoms with Crippen LogP contribution in [0, 0.1) is 0 Å². The molecule has 0 fully saturated rings. The smallest absolute Gasteiger partial charge is 0.0951 e. The zero-order chi connectivity index (χ0) is 11.0. The second-order valence-electron chi connectivity index (χ2n) is 4.21. The van der Waals surface area contributed by atoms with Crippen LogP contribution in [-0.4, -0.2) is 0 Å². The Kier molecular flexibility index (Phi) is 2.27. The SMILES string of the molecule is NNC(c1ccoc1)C1Cc2ccccc21. The molecule has 0 spiro atoms. The molecule has 3 nitrogen and oxygen atoms in total. The van der Waals surface area contributed by atoms with Gasteiger partial charge >= 0.3 is 0 Å². The fraction of sp³-hybridized carbons (Fsp3) is 0.231. The first-order valence-corrected chi connectivity index (χ1v) is 5.46. The van der Waals surface area contributed by atoms with E-state index >= 15 is 0 Å². The molecule has 1 aliphatic carbocycles. The van der Waals surface area contributed by atoms with Crippen molar-refractivity contribution in [2.75, 3.05) is 0 Å². The van der Waals surface area contributed by atoms with E-state index in [9.17, 15) is 0 Å². The van der Waals surface area contributed by atoms with Crippen LogP contribution in [0.4, 0.5) is 0 Å². The van der Waals surface area contributed by atoms with Gasteiger partial charge in [0.1, 0.15) is 0 Å². The summed E-state index contributed by atoms with van der Waals surface area (Å²) in [6.45, 7) is 0. The lowest BCUT2D eigenvalue weighted by Crippen LogP contribution is -2.36. The molecule has 0 radical (unpaired) electrons. The minimum absolute atomic E-state index is 0.147. The van der Waals surface area contributed by atoms with Crippen LogP contribution in [0.25, 0.3) is 0 Å². The van der Waals surface area contributed by atoms with Gasteiger partial charge in [-0.15, -0.1) is 0 Å². The van der Waals surface area contributed by atoms with Gasteiger partial charge in [-0.05, 0) is 23.6 Å². The number of furan rings is 1. The summed E-state index contributed by atoms with van der Waals surface area (Å²) in [5.74, 6) is 6.10. The second-order valence-corrected chi connectivity index (χ2v) is 4.21. The van der Waals surface area contributed by atoms with Crippen LogP contribution in [0.3, 0.4) is 0 Å². The number of hydrazine groups is 1. The maximum absolute atomic E-state index is 5.64.